The molecule has 0 bridgehead atoms. The van der Waals surface area contributed by atoms with E-state index in [2.05, 4.69) is 4.99 Å². The molecule has 104 valence electrons. The SMILES string of the molecule is CSc1ccc(C(=O)N=c2sccn2C)cc1[N+](=O)[O-]. The summed E-state index contributed by atoms with van der Waals surface area (Å²) < 4.78 is 1.72. The summed E-state index contributed by atoms with van der Waals surface area (Å²) in [5.74, 6) is -0.487. The van der Waals surface area contributed by atoms with Crippen molar-refractivity contribution in [3.05, 3.63) is 50.3 Å². The maximum atomic E-state index is 12.0. The van der Waals surface area contributed by atoms with Gasteiger partial charge in [0.15, 0.2) is 4.80 Å². The predicted molar refractivity (Wildman–Crippen MR) is 78.1 cm³/mol. The summed E-state index contributed by atoms with van der Waals surface area (Å²) in [5, 5.41) is 12.8. The van der Waals surface area contributed by atoms with Crippen LogP contribution in [-0.2, 0) is 7.05 Å². The third-order valence-corrected chi connectivity index (χ3v) is 4.21. The topological polar surface area (TPSA) is 77.5 Å². The Morgan fingerprint density at radius 1 is 1.50 bits per heavy atom. The Bertz CT molecular complexity index is 734. The fourth-order valence-corrected chi connectivity index (χ4v) is 2.83. The van der Waals surface area contributed by atoms with E-state index in [1.165, 1.54) is 29.2 Å². The zero-order valence-electron chi connectivity index (χ0n) is 10.8. The fraction of sp³-hybridized carbons (Fsp3) is 0.167. The van der Waals surface area contributed by atoms with Crippen LogP contribution in [0.15, 0.2) is 39.7 Å². The van der Waals surface area contributed by atoms with Gasteiger partial charge >= 0.3 is 0 Å². The standard InChI is InChI=1S/C12H11N3O3S2/c1-14-5-6-20-12(14)13-11(16)8-3-4-10(19-2)9(7-8)15(17)18/h3-7H,1-2H3. The van der Waals surface area contributed by atoms with E-state index < -0.39 is 10.8 Å². The normalized spacial score (nSPS) is 11.6. The first-order chi connectivity index (χ1) is 9.52. The summed E-state index contributed by atoms with van der Waals surface area (Å²) in [6.45, 7) is 0. The molecule has 0 aliphatic rings. The number of amides is 1. The second kappa shape index (κ2) is 6.02. The molecule has 0 fully saturated rings. The summed E-state index contributed by atoms with van der Waals surface area (Å²) in [6, 6.07) is 4.39. The number of aryl methyl sites for hydroxylation is 1. The number of rotatable bonds is 3. The smallest absolute Gasteiger partial charge is 0.283 e. The third kappa shape index (κ3) is 2.97. The van der Waals surface area contributed by atoms with E-state index in [1.54, 1.807) is 36.2 Å². The van der Waals surface area contributed by atoms with Crippen LogP contribution in [0.2, 0.25) is 0 Å². The lowest BCUT2D eigenvalue weighted by Crippen LogP contribution is -2.12. The average molecular weight is 309 g/mol. The number of carbonyl (C=O) groups is 1. The van der Waals surface area contributed by atoms with Crippen molar-refractivity contribution in [3.63, 3.8) is 0 Å². The van der Waals surface area contributed by atoms with Gasteiger partial charge in [-0.1, -0.05) is 0 Å². The summed E-state index contributed by atoms with van der Waals surface area (Å²) >= 11 is 2.59. The van der Waals surface area contributed by atoms with Crippen LogP contribution in [0, 0.1) is 10.1 Å². The van der Waals surface area contributed by atoms with Crippen LogP contribution < -0.4 is 4.80 Å². The second-order valence-electron chi connectivity index (χ2n) is 3.86. The van der Waals surface area contributed by atoms with E-state index in [0.29, 0.717) is 9.70 Å². The maximum Gasteiger partial charge on any atom is 0.283 e. The zero-order valence-corrected chi connectivity index (χ0v) is 12.4. The van der Waals surface area contributed by atoms with E-state index in [9.17, 15) is 14.9 Å². The molecule has 0 saturated carbocycles. The van der Waals surface area contributed by atoms with Gasteiger partial charge in [-0.2, -0.15) is 4.99 Å². The van der Waals surface area contributed by atoms with Crippen molar-refractivity contribution in [2.45, 2.75) is 4.90 Å². The molecule has 1 heterocycles. The number of nitro benzene ring substituents is 1. The van der Waals surface area contributed by atoms with Crippen LogP contribution >= 0.6 is 23.1 Å². The number of thiazole rings is 1. The minimum absolute atomic E-state index is 0.0749. The van der Waals surface area contributed by atoms with Gasteiger partial charge in [0.25, 0.3) is 11.6 Å². The highest BCUT2D eigenvalue weighted by Crippen LogP contribution is 2.28. The van der Waals surface area contributed by atoms with Crippen LogP contribution in [0.1, 0.15) is 10.4 Å². The monoisotopic (exact) mass is 309 g/mol. The second-order valence-corrected chi connectivity index (χ2v) is 5.58. The molecule has 0 aliphatic heterocycles. The van der Waals surface area contributed by atoms with Crippen molar-refractivity contribution >= 4 is 34.7 Å². The molecule has 0 spiro atoms. The molecule has 0 unspecified atom stereocenters. The number of benzene rings is 1. The van der Waals surface area contributed by atoms with Crippen LogP contribution in [0.5, 0.6) is 0 Å². The number of thioether (sulfide) groups is 1. The molecule has 0 radical (unpaired) electrons. The van der Waals surface area contributed by atoms with Gasteiger partial charge < -0.3 is 4.57 Å². The molecule has 1 aromatic carbocycles. The third-order valence-electron chi connectivity index (χ3n) is 2.58. The number of nitrogens with zero attached hydrogens (tertiary/aromatic N) is 3. The highest BCUT2D eigenvalue weighted by molar-refractivity contribution is 7.98. The lowest BCUT2D eigenvalue weighted by atomic mass is 10.2. The first kappa shape index (κ1) is 14.5. The Labute approximate surface area is 122 Å². The van der Waals surface area contributed by atoms with Crippen LogP contribution in [0.3, 0.4) is 0 Å². The van der Waals surface area contributed by atoms with E-state index in [0.717, 1.165) is 0 Å². The molecule has 0 N–H and O–H groups in total. The lowest BCUT2D eigenvalue weighted by molar-refractivity contribution is -0.387. The van der Waals surface area contributed by atoms with Gasteiger partial charge in [0.1, 0.15) is 0 Å². The fourth-order valence-electron chi connectivity index (χ4n) is 1.55. The minimum atomic E-state index is -0.492. The predicted octanol–water partition coefficient (Wildman–Crippen LogP) is 2.46. The summed E-state index contributed by atoms with van der Waals surface area (Å²) in [6.07, 6.45) is 3.54. The maximum absolute atomic E-state index is 12.0. The average Bonchev–Trinajstić information content (AvgIpc) is 2.83. The first-order valence-corrected chi connectivity index (χ1v) is 7.65. The molecule has 0 atom stereocenters. The Kier molecular flexibility index (Phi) is 4.35. The summed E-state index contributed by atoms with van der Waals surface area (Å²) in [4.78, 5) is 27.5. The number of carbonyl (C=O) groups excluding carboxylic acids is 1. The highest BCUT2D eigenvalue weighted by Gasteiger charge is 2.16. The summed E-state index contributed by atoms with van der Waals surface area (Å²) in [7, 11) is 1.78. The number of hydrogen-bond acceptors (Lipinski definition) is 5. The molecule has 0 saturated heterocycles. The summed E-state index contributed by atoms with van der Waals surface area (Å²) in [5.41, 5.74) is 0.136. The van der Waals surface area contributed by atoms with Crippen LogP contribution in [0.4, 0.5) is 5.69 Å². The van der Waals surface area contributed by atoms with Gasteiger partial charge in [-0.05, 0) is 18.4 Å². The molecule has 2 aromatic rings. The molecular weight excluding hydrogens is 298 g/mol. The number of nitro groups is 1. The number of aromatic nitrogens is 1. The van der Waals surface area contributed by atoms with E-state index in [1.807, 2.05) is 5.38 Å². The van der Waals surface area contributed by atoms with E-state index in [4.69, 9.17) is 0 Å². The van der Waals surface area contributed by atoms with E-state index in [-0.39, 0.29) is 11.3 Å². The van der Waals surface area contributed by atoms with Gasteiger partial charge in [-0.3, -0.25) is 14.9 Å². The Balaban J connectivity index is 2.44. The minimum Gasteiger partial charge on any atom is -0.327 e. The quantitative estimate of drug-likeness (QED) is 0.496. The molecule has 2 rings (SSSR count). The Morgan fingerprint density at radius 3 is 2.80 bits per heavy atom. The van der Waals surface area contributed by atoms with Crippen molar-refractivity contribution in [1.29, 1.82) is 0 Å². The first-order valence-electron chi connectivity index (χ1n) is 5.54. The molecule has 6 nitrogen and oxygen atoms in total. The van der Waals surface area contributed by atoms with Crippen molar-refractivity contribution < 1.29 is 9.72 Å². The largest absolute Gasteiger partial charge is 0.327 e. The zero-order chi connectivity index (χ0) is 14.7. The Hall–Kier alpha value is -1.93. The van der Waals surface area contributed by atoms with E-state index >= 15 is 0 Å². The van der Waals surface area contributed by atoms with Crippen LogP contribution in [0.25, 0.3) is 0 Å². The lowest BCUT2D eigenvalue weighted by Gasteiger charge is -2.01. The molecule has 20 heavy (non-hydrogen) atoms. The van der Waals surface area contributed by atoms with Crippen molar-refractivity contribution in [2.75, 3.05) is 6.26 Å². The van der Waals surface area contributed by atoms with Gasteiger partial charge in [0.2, 0.25) is 0 Å². The highest BCUT2D eigenvalue weighted by atomic mass is 32.2. The van der Waals surface area contributed by atoms with Gasteiger partial charge in [-0.25, -0.2) is 0 Å². The van der Waals surface area contributed by atoms with Gasteiger partial charge in [0, 0.05) is 30.3 Å². The van der Waals surface area contributed by atoms with Crippen molar-refractivity contribution in [3.8, 4) is 0 Å². The van der Waals surface area contributed by atoms with Crippen LogP contribution in [-0.4, -0.2) is 21.7 Å². The van der Waals surface area contributed by atoms with Crippen molar-refractivity contribution in [2.24, 2.45) is 12.0 Å². The van der Waals surface area contributed by atoms with Crippen molar-refractivity contribution in [1.82, 2.24) is 4.57 Å². The molecule has 0 aliphatic carbocycles. The van der Waals surface area contributed by atoms with Gasteiger partial charge in [0.05, 0.1) is 9.82 Å². The van der Waals surface area contributed by atoms with Gasteiger partial charge in [-0.15, -0.1) is 23.1 Å². The molecule has 1 aromatic heterocycles. The molecule has 1 amide bonds. The molecular formula is C12H11N3O3S2. The Morgan fingerprint density at radius 2 is 2.25 bits per heavy atom. The number of hydrogen-bond donors (Lipinski definition) is 0. The molecule has 8 heteroatoms.